The number of rotatable bonds is 6. The minimum atomic E-state index is 0.00713. The monoisotopic (exact) mass is 253 g/mol. The molecule has 0 aliphatic carbocycles. The van der Waals surface area contributed by atoms with Crippen molar-refractivity contribution in [3.63, 3.8) is 0 Å². The van der Waals surface area contributed by atoms with Crippen LogP contribution in [0.2, 0.25) is 0 Å². The van der Waals surface area contributed by atoms with Crippen molar-refractivity contribution in [1.29, 1.82) is 0 Å². The lowest BCUT2D eigenvalue weighted by Crippen LogP contribution is -2.08. The molecule has 0 bridgehead atoms. The van der Waals surface area contributed by atoms with Crippen molar-refractivity contribution in [2.75, 3.05) is 12.9 Å². The van der Waals surface area contributed by atoms with Gasteiger partial charge >= 0.3 is 0 Å². The van der Waals surface area contributed by atoms with E-state index in [-0.39, 0.29) is 6.04 Å². The van der Waals surface area contributed by atoms with Gasteiger partial charge in [0.2, 0.25) is 0 Å². The minimum Gasteiger partial charge on any atom is -0.496 e. The second kappa shape index (κ2) is 6.92. The Morgan fingerprint density at radius 3 is 2.53 bits per heavy atom. The van der Waals surface area contributed by atoms with E-state index in [1.807, 2.05) is 30.8 Å². The Kier molecular flexibility index (Phi) is 5.86. The molecule has 1 rings (SSSR count). The summed E-state index contributed by atoms with van der Waals surface area (Å²) in [5.41, 5.74) is 7.16. The van der Waals surface area contributed by atoms with Crippen LogP contribution in [0.1, 0.15) is 38.8 Å². The van der Waals surface area contributed by atoms with Crippen molar-refractivity contribution in [2.45, 2.75) is 38.1 Å². The van der Waals surface area contributed by atoms with Crippen LogP contribution in [0.4, 0.5) is 0 Å². The molecule has 2 N–H and O–H groups in total. The fraction of sp³-hybridized carbons (Fsp3) is 0.571. The van der Waals surface area contributed by atoms with E-state index < -0.39 is 0 Å². The highest BCUT2D eigenvalue weighted by Crippen LogP contribution is 2.34. The normalized spacial score (nSPS) is 12.8. The molecule has 2 nitrogen and oxygen atoms in total. The lowest BCUT2D eigenvalue weighted by Gasteiger charge is -2.16. The molecule has 0 radical (unpaired) electrons. The summed E-state index contributed by atoms with van der Waals surface area (Å²) >= 11 is 1.87. The molecule has 0 saturated carbocycles. The van der Waals surface area contributed by atoms with E-state index in [2.05, 4.69) is 19.9 Å². The average molecular weight is 253 g/mol. The topological polar surface area (TPSA) is 35.2 Å². The van der Waals surface area contributed by atoms with Gasteiger partial charge in [-0.2, -0.15) is 0 Å². The van der Waals surface area contributed by atoms with Gasteiger partial charge in [0.25, 0.3) is 0 Å². The first-order chi connectivity index (χ1) is 8.06. The maximum Gasteiger partial charge on any atom is 0.124 e. The zero-order valence-corrected chi connectivity index (χ0v) is 12.0. The summed E-state index contributed by atoms with van der Waals surface area (Å²) in [4.78, 5) is 1.25. The molecular weight excluding hydrogens is 230 g/mol. The van der Waals surface area contributed by atoms with Crippen LogP contribution in [0.5, 0.6) is 5.75 Å². The van der Waals surface area contributed by atoms with Gasteiger partial charge in [-0.15, -0.1) is 11.8 Å². The van der Waals surface area contributed by atoms with E-state index in [9.17, 15) is 0 Å². The second-order valence-electron chi connectivity index (χ2n) is 4.69. The number of nitrogens with two attached hydrogens (primary N) is 1. The molecule has 0 heterocycles. The minimum absolute atomic E-state index is 0.00713. The maximum absolute atomic E-state index is 6.03. The first kappa shape index (κ1) is 14.4. The van der Waals surface area contributed by atoms with Crippen LogP contribution in [0.15, 0.2) is 23.1 Å². The van der Waals surface area contributed by atoms with Crippen molar-refractivity contribution in [1.82, 2.24) is 0 Å². The molecule has 0 aromatic heterocycles. The Morgan fingerprint density at radius 1 is 1.29 bits per heavy atom. The second-order valence-corrected chi connectivity index (χ2v) is 5.83. The molecule has 1 aromatic carbocycles. The third-order valence-electron chi connectivity index (χ3n) is 2.65. The van der Waals surface area contributed by atoms with E-state index in [1.165, 1.54) is 11.3 Å². The van der Waals surface area contributed by atoms with Crippen molar-refractivity contribution in [3.8, 4) is 5.75 Å². The molecule has 0 aliphatic heterocycles. The van der Waals surface area contributed by atoms with Gasteiger partial charge in [-0.05, 0) is 37.1 Å². The Balaban J connectivity index is 2.83. The third kappa shape index (κ3) is 4.25. The quantitative estimate of drug-likeness (QED) is 0.782. The highest BCUT2D eigenvalue weighted by molar-refractivity contribution is 7.99. The van der Waals surface area contributed by atoms with E-state index in [4.69, 9.17) is 10.5 Å². The fourth-order valence-electron chi connectivity index (χ4n) is 1.68. The Morgan fingerprint density at radius 2 is 2.00 bits per heavy atom. The number of hydrogen-bond acceptors (Lipinski definition) is 3. The number of hydrogen-bond donors (Lipinski definition) is 1. The van der Waals surface area contributed by atoms with Crippen LogP contribution >= 0.6 is 11.8 Å². The van der Waals surface area contributed by atoms with Gasteiger partial charge in [-0.25, -0.2) is 0 Å². The molecule has 96 valence electrons. The van der Waals surface area contributed by atoms with E-state index in [0.29, 0.717) is 0 Å². The SMILES string of the molecule is COc1cccc(SCCC(C)C)c1[C@@H](C)N. The first-order valence-corrected chi connectivity index (χ1v) is 7.10. The van der Waals surface area contributed by atoms with Gasteiger partial charge in [-0.3, -0.25) is 0 Å². The summed E-state index contributed by atoms with van der Waals surface area (Å²) < 4.78 is 5.38. The molecular formula is C14H23NOS. The van der Waals surface area contributed by atoms with Gasteiger partial charge in [0, 0.05) is 16.5 Å². The number of methoxy groups -OCH3 is 1. The number of thioether (sulfide) groups is 1. The molecule has 0 aliphatic rings. The molecule has 3 heteroatoms. The van der Waals surface area contributed by atoms with Gasteiger partial charge in [-0.1, -0.05) is 19.9 Å². The smallest absolute Gasteiger partial charge is 0.124 e. The van der Waals surface area contributed by atoms with Crippen LogP contribution in [0.3, 0.4) is 0 Å². The molecule has 0 spiro atoms. The van der Waals surface area contributed by atoms with E-state index >= 15 is 0 Å². The summed E-state index contributed by atoms with van der Waals surface area (Å²) in [6.07, 6.45) is 1.22. The third-order valence-corrected chi connectivity index (χ3v) is 3.76. The molecule has 0 saturated heterocycles. The van der Waals surface area contributed by atoms with Crippen molar-refractivity contribution < 1.29 is 4.74 Å². The van der Waals surface area contributed by atoms with Crippen molar-refractivity contribution in [2.24, 2.45) is 11.7 Å². The summed E-state index contributed by atoms with van der Waals surface area (Å²) in [7, 11) is 1.70. The predicted molar refractivity (Wildman–Crippen MR) is 75.8 cm³/mol. The van der Waals surface area contributed by atoms with E-state index in [1.54, 1.807) is 7.11 Å². The van der Waals surface area contributed by atoms with Gasteiger partial charge < -0.3 is 10.5 Å². The van der Waals surface area contributed by atoms with Crippen molar-refractivity contribution >= 4 is 11.8 Å². The lowest BCUT2D eigenvalue weighted by molar-refractivity contribution is 0.405. The molecule has 17 heavy (non-hydrogen) atoms. The highest BCUT2D eigenvalue weighted by Gasteiger charge is 2.13. The van der Waals surface area contributed by atoms with Gasteiger partial charge in [0.15, 0.2) is 0 Å². The summed E-state index contributed by atoms with van der Waals surface area (Å²) in [6, 6.07) is 6.15. The molecule has 0 unspecified atom stereocenters. The lowest BCUT2D eigenvalue weighted by atomic mass is 10.1. The van der Waals surface area contributed by atoms with E-state index in [0.717, 1.165) is 23.0 Å². The first-order valence-electron chi connectivity index (χ1n) is 6.11. The zero-order valence-electron chi connectivity index (χ0n) is 11.2. The van der Waals surface area contributed by atoms with Crippen LogP contribution in [0, 0.1) is 5.92 Å². The number of benzene rings is 1. The maximum atomic E-state index is 6.03. The zero-order chi connectivity index (χ0) is 12.8. The van der Waals surface area contributed by atoms with Gasteiger partial charge in [0.1, 0.15) is 5.75 Å². The standard InChI is InChI=1S/C14H23NOS/c1-10(2)8-9-17-13-7-5-6-12(16-4)14(13)11(3)15/h5-7,10-11H,8-9,15H2,1-4H3/t11-/m1/s1. The summed E-state index contributed by atoms with van der Waals surface area (Å²) in [5.74, 6) is 2.77. The Labute approximate surface area is 109 Å². The van der Waals surface area contributed by atoms with Gasteiger partial charge in [0.05, 0.1) is 7.11 Å². The summed E-state index contributed by atoms with van der Waals surface area (Å²) in [5, 5.41) is 0. The molecule has 1 aromatic rings. The highest BCUT2D eigenvalue weighted by atomic mass is 32.2. The Hall–Kier alpha value is -0.670. The fourth-order valence-corrected chi connectivity index (χ4v) is 3.11. The molecule has 0 amide bonds. The van der Waals surface area contributed by atoms with Crippen molar-refractivity contribution in [3.05, 3.63) is 23.8 Å². The van der Waals surface area contributed by atoms with Crippen LogP contribution in [-0.2, 0) is 0 Å². The van der Waals surface area contributed by atoms with Crippen LogP contribution in [0.25, 0.3) is 0 Å². The largest absolute Gasteiger partial charge is 0.496 e. The summed E-state index contributed by atoms with van der Waals surface area (Å²) in [6.45, 7) is 6.50. The predicted octanol–water partition coefficient (Wildman–Crippen LogP) is 3.85. The van der Waals surface area contributed by atoms with Crippen LogP contribution in [-0.4, -0.2) is 12.9 Å². The Bertz CT molecular complexity index is 350. The molecule has 0 fully saturated rings. The number of ether oxygens (including phenoxy) is 1. The molecule has 1 atom stereocenters. The van der Waals surface area contributed by atoms with Crippen LogP contribution < -0.4 is 10.5 Å². The average Bonchev–Trinajstić information content (AvgIpc) is 2.27.